The number of hydrogen-bond acceptors (Lipinski definition) is 3. The molecule has 16 heavy (non-hydrogen) atoms. The third-order valence-electron chi connectivity index (χ3n) is 2.11. The SMILES string of the molecule is O=C(Nc1ccccc1)C1=NCC(CBr)S1. The Kier molecular flexibility index (Phi) is 4.01. The zero-order valence-corrected chi connectivity index (χ0v) is 10.9. The third-order valence-corrected chi connectivity index (χ3v) is 4.51. The quantitative estimate of drug-likeness (QED) is 0.871. The summed E-state index contributed by atoms with van der Waals surface area (Å²) in [6.07, 6.45) is 0. The van der Waals surface area contributed by atoms with Crippen molar-refractivity contribution in [2.45, 2.75) is 5.25 Å². The Morgan fingerprint density at radius 1 is 1.50 bits per heavy atom. The lowest BCUT2D eigenvalue weighted by molar-refractivity contribution is -0.110. The highest BCUT2D eigenvalue weighted by Gasteiger charge is 2.23. The number of thioether (sulfide) groups is 1. The fourth-order valence-electron chi connectivity index (χ4n) is 1.33. The van der Waals surface area contributed by atoms with E-state index in [0.29, 0.717) is 16.8 Å². The minimum Gasteiger partial charge on any atom is -0.320 e. The highest BCUT2D eigenvalue weighted by atomic mass is 79.9. The van der Waals surface area contributed by atoms with E-state index in [1.165, 1.54) is 11.8 Å². The van der Waals surface area contributed by atoms with Crippen molar-refractivity contribution < 1.29 is 4.79 Å². The number of nitrogens with one attached hydrogen (secondary N) is 1. The van der Waals surface area contributed by atoms with Crippen molar-refractivity contribution in [3.05, 3.63) is 30.3 Å². The summed E-state index contributed by atoms with van der Waals surface area (Å²) in [6.45, 7) is 0.716. The summed E-state index contributed by atoms with van der Waals surface area (Å²) in [4.78, 5) is 16.0. The van der Waals surface area contributed by atoms with Crippen LogP contribution in [0.15, 0.2) is 35.3 Å². The van der Waals surface area contributed by atoms with Gasteiger partial charge in [0, 0.05) is 16.3 Å². The van der Waals surface area contributed by atoms with E-state index in [0.717, 1.165) is 11.0 Å². The number of amides is 1. The summed E-state index contributed by atoms with van der Waals surface area (Å²) in [6, 6.07) is 9.42. The zero-order valence-electron chi connectivity index (χ0n) is 8.52. The number of aliphatic imine (C=N–C) groups is 1. The predicted molar refractivity (Wildman–Crippen MR) is 72.5 cm³/mol. The molecule has 1 amide bonds. The third kappa shape index (κ3) is 2.86. The van der Waals surface area contributed by atoms with Crippen LogP contribution in [0, 0.1) is 0 Å². The highest BCUT2D eigenvalue weighted by molar-refractivity contribution is 9.09. The summed E-state index contributed by atoms with van der Waals surface area (Å²) in [5, 5.41) is 4.65. The number of alkyl halides is 1. The fourth-order valence-corrected chi connectivity index (χ4v) is 2.76. The van der Waals surface area contributed by atoms with E-state index in [4.69, 9.17) is 0 Å². The van der Waals surface area contributed by atoms with E-state index < -0.39 is 0 Å². The second kappa shape index (κ2) is 5.50. The van der Waals surface area contributed by atoms with Gasteiger partial charge in [-0.25, -0.2) is 0 Å². The van der Waals surface area contributed by atoms with Crippen LogP contribution in [-0.2, 0) is 4.79 Å². The Labute approximate surface area is 107 Å². The molecule has 1 aliphatic rings. The number of rotatable bonds is 3. The van der Waals surface area contributed by atoms with Crippen molar-refractivity contribution in [3.8, 4) is 0 Å². The van der Waals surface area contributed by atoms with Gasteiger partial charge in [-0.15, -0.1) is 0 Å². The lowest BCUT2D eigenvalue weighted by Crippen LogP contribution is -2.19. The van der Waals surface area contributed by atoms with Crippen LogP contribution in [0.1, 0.15) is 0 Å². The van der Waals surface area contributed by atoms with Crippen LogP contribution < -0.4 is 5.32 Å². The van der Waals surface area contributed by atoms with Gasteiger partial charge in [0.25, 0.3) is 5.91 Å². The normalized spacial score (nSPS) is 19.3. The molecular weight excluding hydrogens is 288 g/mol. The number of nitrogens with zero attached hydrogens (tertiary/aromatic N) is 1. The Morgan fingerprint density at radius 2 is 2.25 bits per heavy atom. The van der Waals surface area contributed by atoms with Gasteiger partial charge in [0.2, 0.25) is 0 Å². The monoisotopic (exact) mass is 298 g/mol. The molecule has 0 radical (unpaired) electrons. The van der Waals surface area contributed by atoms with Crippen LogP contribution in [0.25, 0.3) is 0 Å². The summed E-state index contributed by atoms with van der Waals surface area (Å²) >= 11 is 4.92. The molecule has 1 atom stereocenters. The number of carbonyl (C=O) groups is 1. The van der Waals surface area contributed by atoms with Crippen molar-refractivity contribution in [1.82, 2.24) is 0 Å². The Morgan fingerprint density at radius 3 is 2.88 bits per heavy atom. The number of para-hydroxylation sites is 1. The molecule has 1 aliphatic heterocycles. The van der Waals surface area contributed by atoms with Gasteiger partial charge in [0.15, 0.2) is 5.04 Å². The summed E-state index contributed by atoms with van der Waals surface area (Å²) in [5.41, 5.74) is 0.804. The molecule has 1 heterocycles. The van der Waals surface area contributed by atoms with Gasteiger partial charge in [-0.05, 0) is 12.1 Å². The highest BCUT2D eigenvalue weighted by Crippen LogP contribution is 2.23. The maximum absolute atomic E-state index is 11.8. The molecule has 1 N–H and O–H groups in total. The van der Waals surface area contributed by atoms with Crippen molar-refractivity contribution in [2.24, 2.45) is 4.99 Å². The average molecular weight is 299 g/mol. The van der Waals surface area contributed by atoms with Crippen LogP contribution in [0.4, 0.5) is 5.69 Å². The summed E-state index contributed by atoms with van der Waals surface area (Å²) in [7, 11) is 0. The number of hydrogen-bond donors (Lipinski definition) is 1. The number of halogens is 1. The van der Waals surface area contributed by atoms with E-state index in [-0.39, 0.29) is 5.91 Å². The summed E-state index contributed by atoms with van der Waals surface area (Å²) in [5.74, 6) is -0.111. The minimum absolute atomic E-state index is 0.111. The van der Waals surface area contributed by atoms with Gasteiger partial charge in [0.1, 0.15) is 0 Å². The molecule has 2 rings (SSSR count). The van der Waals surface area contributed by atoms with Gasteiger partial charge in [-0.1, -0.05) is 45.9 Å². The van der Waals surface area contributed by atoms with E-state index in [9.17, 15) is 4.79 Å². The number of carbonyl (C=O) groups excluding carboxylic acids is 1. The van der Waals surface area contributed by atoms with Gasteiger partial charge < -0.3 is 5.32 Å². The predicted octanol–water partition coefficient (Wildman–Crippen LogP) is 2.53. The lowest BCUT2D eigenvalue weighted by Gasteiger charge is -2.05. The largest absolute Gasteiger partial charge is 0.320 e. The van der Waals surface area contributed by atoms with Crippen LogP contribution in [0.3, 0.4) is 0 Å². The van der Waals surface area contributed by atoms with E-state index in [2.05, 4.69) is 26.2 Å². The second-order valence-corrected chi connectivity index (χ2v) is 5.30. The minimum atomic E-state index is -0.111. The molecule has 0 aliphatic carbocycles. The van der Waals surface area contributed by atoms with Crippen molar-refractivity contribution in [2.75, 3.05) is 17.2 Å². The number of anilines is 1. The molecule has 3 nitrogen and oxygen atoms in total. The molecule has 0 saturated heterocycles. The first-order valence-corrected chi connectivity index (χ1v) is 6.93. The summed E-state index contributed by atoms with van der Waals surface area (Å²) < 4.78 is 0. The Hall–Kier alpha value is -0.810. The first-order valence-electron chi connectivity index (χ1n) is 4.93. The first-order chi connectivity index (χ1) is 7.79. The molecule has 1 aromatic carbocycles. The van der Waals surface area contributed by atoms with Gasteiger partial charge in [0.05, 0.1) is 6.54 Å². The topological polar surface area (TPSA) is 41.5 Å². The molecule has 0 saturated carbocycles. The Bertz CT molecular complexity index is 408. The fraction of sp³-hybridized carbons (Fsp3) is 0.273. The van der Waals surface area contributed by atoms with Crippen LogP contribution in [-0.4, -0.2) is 28.1 Å². The molecule has 0 fully saturated rings. The van der Waals surface area contributed by atoms with E-state index in [1.54, 1.807) is 0 Å². The average Bonchev–Trinajstić information content (AvgIpc) is 2.79. The molecule has 1 unspecified atom stereocenters. The first kappa shape index (κ1) is 11.7. The van der Waals surface area contributed by atoms with Crippen molar-refractivity contribution in [1.29, 1.82) is 0 Å². The second-order valence-electron chi connectivity index (χ2n) is 3.36. The lowest BCUT2D eigenvalue weighted by atomic mass is 10.3. The molecule has 0 bridgehead atoms. The van der Waals surface area contributed by atoms with Crippen LogP contribution in [0.2, 0.25) is 0 Å². The molecule has 0 spiro atoms. The van der Waals surface area contributed by atoms with Crippen LogP contribution >= 0.6 is 27.7 Å². The van der Waals surface area contributed by atoms with E-state index >= 15 is 0 Å². The zero-order chi connectivity index (χ0) is 11.4. The number of benzene rings is 1. The van der Waals surface area contributed by atoms with Gasteiger partial charge in [-0.2, -0.15) is 0 Å². The Balaban J connectivity index is 1.95. The van der Waals surface area contributed by atoms with Crippen molar-refractivity contribution >= 4 is 44.3 Å². The maximum Gasteiger partial charge on any atom is 0.280 e. The van der Waals surface area contributed by atoms with Gasteiger partial charge in [-0.3, -0.25) is 9.79 Å². The molecule has 1 aromatic rings. The maximum atomic E-state index is 11.8. The van der Waals surface area contributed by atoms with Gasteiger partial charge >= 0.3 is 0 Å². The molecule has 84 valence electrons. The standard InChI is InChI=1S/C11H11BrN2OS/c12-6-9-7-13-11(16-9)10(15)14-8-4-2-1-3-5-8/h1-5,9H,6-7H2,(H,14,15). The van der Waals surface area contributed by atoms with Crippen LogP contribution in [0.5, 0.6) is 0 Å². The van der Waals surface area contributed by atoms with E-state index in [1.807, 2.05) is 30.3 Å². The van der Waals surface area contributed by atoms with Crippen molar-refractivity contribution in [3.63, 3.8) is 0 Å². The smallest absolute Gasteiger partial charge is 0.280 e. The molecular formula is C11H11BrN2OS. The molecule has 5 heteroatoms. The molecule has 0 aromatic heterocycles.